The third-order valence-corrected chi connectivity index (χ3v) is 3.98. The van der Waals surface area contributed by atoms with Crippen LogP contribution in [0.2, 0.25) is 0 Å². The van der Waals surface area contributed by atoms with Gasteiger partial charge < -0.3 is 18.9 Å². The van der Waals surface area contributed by atoms with E-state index in [9.17, 15) is 9.59 Å². The molecule has 1 aromatic rings. The highest BCUT2D eigenvalue weighted by molar-refractivity contribution is 5.67. The minimum Gasteiger partial charge on any atom is -0.453 e. The summed E-state index contributed by atoms with van der Waals surface area (Å²) in [5.74, 6) is 1.49. The standard InChI is InChI=1S/C19H22O6/c1-5-19(6-2)17(22-12-15-10-8-7-9-11-15)16(23-13(3)20)18(25-19)24-14(4)21/h1,7-11,16-18H,6,12H2,2-4H3/t16-,17?,18?,19+/m0/s1. The van der Waals surface area contributed by atoms with E-state index in [1.165, 1.54) is 13.8 Å². The van der Waals surface area contributed by atoms with Crippen LogP contribution in [0, 0.1) is 12.3 Å². The molecule has 2 unspecified atom stereocenters. The first-order valence-electron chi connectivity index (χ1n) is 8.07. The molecule has 1 heterocycles. The molecule has 1 aromatic carbocycles. The summed E-state index contributed by atoms with van der Waals surface area (Å²) in [6, 6.07) is 9.50. The quantitative estimate of drug-likeness (QED) is 0.581. The normalized spacial score (nSPS) is 28.2. The van der Waals surface area contributed by atoms with Gasteiger partial charge in [0.1, 0.15) is 6.10 Å². The van der Waals surface area contributed by atoms with Crippen LogP contribution in [0.25, 0.3) is 0 Å². The van der Waals surface area contributed by atoms with Crippen LogP contribution in [0.1, 0.15) is 32.8 Å². The molecular weight excluding hydrogens is 324 g/mol. The van der Waals surface area contributed by atoms with E-state index < -0.39 is 36.0 Å². The molecule has 1 fully saturated rings. The predicted molar refractivity (Wildman–Crippen MR) is 89.1 cm³/mol. The van der Waals surface area contributed by atoms with Gasteiger partial charge in [-0.25, -0.2) is 0 Å². The van der Waals surface area contributed by atoms with Crippen LogP contribution in [-0.4, -0.2) is 36.0 Å². The Kier molecular flexibility index (Phi) is 6.18. The lowest BCUT2D eigenvalue weighted by Gasteiger charge is -2.29. The fourth-order valence-electron chi connectivity index (χ4n) is 2.81. The van der Waals surface area contributed by atoms with Gasteiger partial charge in [-0.1, -0.05) is 43.2 Å². The van der Waals surface area contributed by atoms with E-state index in [1.807, 2.05) is 37.3 Å². The summed E-state index contributed by atoms with van der Waals surface area (Å²) >= 11 is 0. The van der Waals surface area contributed by atoms with E-state index in [0.29, 0.717) is 6.42 Å². The molecule has 0 N–H and O–H groups in total. The maximum atomic E-state index is 11.5. The maximum Gasteiger partial charge on any atom is 0.305 e. The lowest BCUT2D eigenvalue weighted by molar-refractivity contribution is -0.199. The fraction of sp³-hybridized carbons (Fsp3) is 0.474. The smallest absolute Gasteiger partial charge is 0.305 e. The van der Waals surface area contributed by atoms with Gasteiger partial charge in [0.25, 0.3) is 0 Å². The van der Waals surface area contributed by atoms with E-state index in [4.69, 9.17) is 25.4 Å². The van der Waals surface area contributed by atoms with Crippen molar-refractivity contribution in [1.82, 2.24) is 0 Å². The number of hydrogen-bond donors (Lipinski definition) is 0. The molecule has 134 valence electrons. The number of ether oxygens (including phenoxy) is 4. The van der Waals surface area contributed by atoms with E-state index in [1.54, 1.807) is 0 Å². The van der Waals surface area contributed by atoms with Crippen molar-refractivity contribution in [3.8, 4) is 12.3 Å². The molecule has 0 spiro atoms. The van der Waals surface area contributed by atoms with Gasteiger partial charge in [0.05, 0.1) is 6.61 Å². The SMILES string of the molecule is C#C[C@]1(CC)OC(OC(C)=O)[C@@H](OC(C)=O)C1OCc1ccccc1. The molecule has 1 aliphatic heterocycles. The van der Waals surface area contributed by atoms with Gasteiger partial charge in [-0.05, 0) is 12.0 Å². The Labute approximate surface area is 147 Å². The summed E-state index contributed by atoms with van der Waals surface area (Å²) in [6.45, 7) is 4.60. The van der Waals surface area contributed by atoms with E-state index in [0.717, 1.165) is 5.56 Å². The van der Waals surface area contributed by atoms with Gasteiger partial charge in [-0.3, -0.25) is 9.59 Å². The van der Waals surface area contributed by atoms with Crippen LogP contribution < -0.4 is 0 Å². The van der Waals surface area contributed by atoms with Crippen LogP contribution in [0.4, 0.5) is 0 Å². The average Bonchev–Trinajstić information content (AvgIpc) is 2.86. The third-order valence-electron chi connectivity index (χ3n) is 3.98. The largest absolute Gasteiger partial charge is 0.453 e. The molecule has 1 aliphatic rings. The Morgan fingerprint density at radius 1 is 1.20 bits per heavy atom. The van der Waals surface area contributed by atoms with Gasteiger partial charge >= 0.3 is 11.9 Å². The van der Waals surface area contributed by atoms with Crippen molar-refractivity contribution in [1.29, 1.82) is 0 Å². The Morgan fingerprint density at radius 2 is 1.84 bits per heavy atom. The molecule has 6 heteroatoms. The second-order valence-corrected chi connectivity index (χ2v) is 5.77. The number of terminal acetylenes is 1. The molecule has 0 bridgehead atoms. The molecule has 0 aliphatic carbocycles. The zero-order chi connectivity index (χ0) is 18.4. The second kappa shape index (κ2) is 8.15. The van der Waals surface area contributed by atoms with Crippen molar-refractivity contribution >= 4 is 11.9 Å². The summed E-state index contributed by atoms with van der Waals surface area (Å²) in [5, 5.41) is 0. The first-order valence-corrected chi connectivity index (χ1v) is 8.07. The molecule has 0 aromatic heterocycles. The molecular formula is C19H22O6. The van der Waals surface area contributed by atoms with Gasteiger partial charge in [0, 0.05) is 13.8 Å². The maximum absolute atomic E-state index is 11.5. The summed E-state index contributed by atoms with van der Waals surface area (Å²) < 4.78 is 22.2. The Hall–Kier alpha value is -2.36. The van der Waals surface area contributed by atoms with E-state index >= 15 is 0 Å². The van der Waals surface area contributed by atoms with Crippen LogP contribution in [-0.2, 0) is 35.1 Å². The highest BCUT2D eigenvalue weighted by Crippen LogP contribution is 2.38. The molecule has 25 heavy (non-hydrogen) atoms. The third kappa shape index (κ3) is 4.38. The number of esters is 2. The van der Waals surface area contributed by atoms with E-state index in [-0.39, 0.29) is 6.61 Å². The van der Waals surface area contributed by atoms with Crippen LogP contribution in [0.15, 0.2) is 30.3 Å². The number of rotatable bonds is 6. The summed E-state index contributed by atoms with van der Waals surface area (Å²) in [7, 11) is 0. The minimum atomic E-state index is -1.16. The molecule has 6 nitrogen and oxygen atoms in total. The Bertz CT molecular complexity index is 650. The average molecular weight is 346 g/mol. The molecule has 0 amide bonds. The molecule has 2 rings (SSSR count). The first-order chi connectivity index (χ1) is 11.9. The van der Waals surface area contributed by atoms with Crippen molar-refractivity contribution in [2.45, 2.75) is 57.9 Å². The van der Waals surface area contributed by atoms with Crippen molar-refractivity contribution in [3.63, 3.8) is 0 Å². The Morgan fingerprint density at radius 3 is 2.36 bits per heavy atom. The topological polar surface area (TPSA) is 71.1 Å². The summed E-state index contributed by atoms with van der Waals surface area (Å²) in [6.07, 6.45) is 3.27. The van der Waals surface area contributed by atoms with Gasteiger partial charge in [-0.2, -0.15) is 0 Å². The fourth-order valence-corrected chi connectivity index (χ4v) is 2.81. The zero-order valence-electron chi connectivity index (χ0n) is 14.6. The number of carbonyl (C=O) groups excluding carboxylic acids is 2. The molecule has 0 radical (unpaired) electrons. The lowest BCUT2D eigenvalue weighted by atomic mass is 9.93. The number of carbonyl (C=O) groups is 2. The highest BCUT2D eigenvalue weighted by Gasteiger charge is 2.57. The molecule has 0 saturated carbocycles. The highest BCUT2D eigenvalue weighted by atomic mass is 16.7. The Balaban J connectivity index is 2.28. The molecule has 4 atom stereocenters. The monoisotopic (exact) mass is 346 g/mol. The van der Waals surface area contributed by atoms with Crippen LogP contribution in [0.5, 0.6) is 0 Å². The van der Waals surface area contributed by atoms with Gasteiger partial charge in [-0.15, -0.1) is 6.42 Å². The van der Waals surface area contributed by atoms with Crippen LogP contribution >= 0.6 is 0 Å². The zero-order valence-corrected chi connectivity index (χ0v) is 14.6. The predicted octanol–water partition coefficient (Wildman–Crippen LogP) is 2.20. The second-order valence-electron chi connectivity index (χ2n) is 5.77. The van der Waals surface area contributed by atoms with Gasteiger partial charge in [0.2, 0.25) is 6.29 Å². The minimum absolute atomic E-state index is 0.253. The number of benzene rings is 1. The van der Waals surface area contributed by atoms with Crippen LogP contribution in [0.3, 0.4) is 0 Å². The van der Waals surface area contributed by atoms with Crippen molar-refractivity contribution in [2.24, 2.45) is 0 Å². The lowest BCUT2D eigenvalue weighted by Crippen LogP contribution is -2.45. The van der Waals surface area contributed by atoms with Crippen molar-refractivity contribution in [3.05, 3.63) is 35.9 Å². The van der Waals surface area contributed by atoms with Crippen molar-refractivity contribution < 1.29 is 28.5 Å². The summed E-state index contributed by atoms with van der Waals surface area (Å²) in [4.78, 5) is 22.9. The molecule has 1 saturated heterocycles. The summed E-state index contributed by atoms with van der Waals surface area (Å²) in [5.41, 5.74) is -0.225. The van der Waals surface area contributed by atoms with Crippen molar-refractivity contribution in [2.75, 3.05) is 0 Å². The van der Waals surface area contributed by atoms with E-state index in [2.05, 4.69) is 5.92 Å². The van der Waals surface area contributed by atoms with Gasteiger partial charge in [0.15, 0.2) is 11.7 Å². The first kappa shape index (κ1) is 19.0. The number of hydrogen-bond acceptors (Lipinski definition) is 6.